The fourth-order valence-corrected chi connectivity index (χ4v) is 1.69. The number of methoxy groups -OCH3 is 1. The van der Waals surface area contributed by atoms with Crippen LogP contribution in [0.25, 0.3) is 0 Å². The fourth-order valence-electron chi connectivity index (χ4n) is 1.69. The third-order valence-corrected chi connectivity index (χ3v) is 2.77. The minimum atomic E-state index is 0.0143. The number of benzene rings is 1. The maximum absolute atomic E-state index is 8.89. The minimum absolute atomic E-state index is 0.0143. The SMILES string of the molecule is C#CC(NCc1cc(C#N)ccc1OC)C(C)C. The number of ether oxygens (including phenoxy) is 1. The van der Waals surface area contributed by atoms with Gasteiger partial charge in [-0.2, -0.15) is 5.26 Å². The summed E-state index contributed by atoms with van der Waals surface area (Å²) in [6.07, 6.45) is 5.47. The van der Waals surface area contributed by atoms with Gasteiger partial charge in [0.05, 0.1) is 24.8 Å². The van der Waals surface area contributed by atoms with Gasteiger partial charge in [0.25, 0.3) is 0 Å². The van der Waals surface area contributed by atoms with Gasteiger partial charge in [-0.3, -0.25) is 5.32 Å². The first kappa shape index (κ1) is 14.1. The molecule has 0 fully saturated rings. The van der Waals surface area contributed by atoms with E-state index in [1.165, 1.54) is 0 Å². The number of nitrogens with zero attached hydrogens (tertiary/aromatic N) is 1. The van der Waals surface area contributed by atoms with Crippen molar-refractivity contribution in [2.45, 2.75) is 26.4 Å². The number of hydrogen-bond donors (Lipinski definition) is 1. The van der Waals surface area contributed by atoms with Crippen molar-refractivity contribution in [3.63, 3.8) is 0 Å². The number of hydrogen-bond acceptors (Lipinski definition) is 3. The Kier molecular flexibility index (Phi) is 5.24. The predicted molar refractivity (Wildman–Crippen MR) is 72.0 cm³/mol. The monoisotopic (exact) mass is 242 g/mol. The van der Waals surface area contributed by atoms with Gasteiger partial charge in [-0.1, -0.05) is 19.8 Å². The Morgan fingerprint density at radius 3 is 2.67 bits per heavy atom. The molecule has 3 nitrogen and oxygen atoms in total. The van der Waals surface area contributed by atoms with Crippen LogP contribution in [0.2, 0.25) is 0 Å². The van der Waals surface area contributed by atoms with Crippen molar-refractivity contribution in [3.05, 3.63) is 29.3 Å². The summed E-state index contributed by atoms with van der Waals surface area (Å²) < 4.78 is 5.27. The van der Waals surface area contributed by atoms with E-state index in [2.05, 4.69) is 31.2 Å². The van der Waals surface area contributed by atoms with Crippen molar-refractivity contribution in [3.8, 4) is 24.2 Å². The van der Waals surface area contributed by atoms with E-state index in [9.17, 15) is 0 Å². The molecule has 1 unspecified atom stereocenters. The summed E-state index contributed by atoms with van der Waals surface area (Å²) in [4.78, 5) is 0. The zero-order valence-corrected chi connectivity index (χ0v) is 11.0. The van der Waals surface area contributed by atoms with Crippen molar-refractivity contribution in [1.29, 1.82) is 5.26 Å². The first-order valence-corrected chi connectivity index (χ1v) is 5.89. The molecule has 0 aromatic heterocycles. The summed E-state index contributed by atoms with van der Waals surface area (Å²) >= 11 is 0. The molecule has 0 saturated heterocycles. The van der Waals surface area contributed by atoms with Crippen molar-refractivity contribution >= 4 is 0 Å². The second-order valence-corrected chi connectivity index (χ2v) is 4.41. The van der Waals surface area contributed by atoms with Crippen LogP contribution < -0.4 is 10.1 Å². The zero-order valence-electron chi connectivity index (χ0n) is 11.0. The average molecular weight is 242 g/mol. The summed E-state index contributed by atoms with van der Waals surface area (Å²) in [6, 6.07) is 7.49. The Morgan fingerprint density at radius 2 is 2.17 bits per heavy atom. The molecule has 1 atom stereocenters. The molecular formula is C15H18N2O. The van der Waals surface area contributed by atoms with Crippen LogP contribution in [0.4, 0.5) is 0 Å². The van der Waals surface area contributed by atoms with Crippen molar-refractivity contribution < 1.29 is 4.74 Å². The summed E-state index contributed by atoms with van der Waals surface area (Å²) in [5.74, 6) is 3.85. The zero-order chi connectivity index (χ0) is 13.5. The van der Waals surface area contributed by atoms with Gasteiger partial charge in [0.15, 0.2) is 0 Å². The largest absolute Gasteiger partial charge is 0.496 e. The summed E-state index contributed by atoms with van der Waals surface area (Å²) in [5.41, 5.74) is 1.56. The average Bonchev–Trinajstić information content (AvgIpc) is 2.38. The van der Waals surface area contributed by atoms with E-state index in [-0.39, 0.29) is 6.04 Å². The summed E-state index contributed by atoms with van der Waals surface area (Å²) in [7, 11) is 1.62. The van der Waals surface area contributed by atoms with Gasteiger partial charge >= 0.3 is 0 Å². The Morgan fingerprint density at radius 1 is 1.44 bits per heavy atom. The van der Waals surface area contributed by atoms with Crippen LogP contribution >= 0.6 is 0 Å². The Balaban J connectivity index is 2.83. The van der Waals surface area contributed by atoms with E-state index in [4.69, 9.17) is 16.4 Å². The van der Waals surface area contributed by atoms with Crippen LogP contribution in [0.15, 0.2) is 18.2 Å². The molecule has 1 aromatic rings. The minimum Gasteiger partial charge on any atom is -0.496 e. The number of rotatable bonds is 5. The second-order valence-electron chi connectivity index (χ2n) is 4.41. The lowest BCUT2D eigenvalue weighted by Gasteiger charge is -2.17. The quantitative estimate of drug-likeness (QED) is 0.806. The second kappa shape index (κ2) is 6.69. The van der Waals surface area contributed by atoms with Gasteiger partial charge in [0.1, 0.15) is 5.75 Å². The van der Waals surface area contributed by atoms with Crippen molar-refractivity contribution in [1.82, 2.24) is 5.32 Å². The third kappa shape index (κ3) is 3.52. The molecule has 0 amide bonds. The molecule has 0 aliphatic rings. The van der Waals surface area contributed by atoms with Crippen LogP contribution in [-0.4, -0.2) is 13.2 Å². The van der Waals surface area contributed by atoms with E-state index in [1.807, 2.05) is 6.07 Å². The molecule has 0 bridgehead atoms. The molecule has 1 N–H and O–H groups in total. The lowest BCUT2D eigenvalue weighted by molar-refractivity contribution is 0.403. The van der Waals surface area contributed by atoms with Crippen molar-refractivity contribution in [2.24, 2.45) is 5.92 Å². The first-order valence-electron chi connectivity index (χ1n) is 5.89. The molecule has 1 aromatic carbocycles. The molecular weight excluding hydrogens is 224 g/mol. The number of terminal acetylenes is 1. The first-order chi connectivity index (χ1) is 8.62. The molecule has 0 radical (unpaired) electrons. The molecule has 0 spiro atoms. The van der Waals surface area contributed by atoms with Gasteiger partial charge in [0.2, 0.25) is 0 Å². The van der Waals surface area contributed by atoms with Gasteiger partial charge in [-0.15, -0.1) is 6.42 Å². The van der Waals surface area contributed by atoms with Crippen LogP contribution in [0.3, 0.4) is 0 Å². The molecule has 0 aliphatic heterocycles. The lowest BCUT2D eigenvalue weighted by atomic mass is 10.0. The predicted octanol–water partition coefficient (Wildman–Crippen LogP) is 2.31. The molecule has 1 rings (SSSR count). The normalized spacial score (nSPS) is 11.7. The topological polar surface area (TPSA) is 45.0 Å². The Hall–Kier alpha value is -1.97. The van der Waals surface area contributed by atoms with Crippen LogP contribution in [0.1, 0.15) is 25.0 Å². The summed E-state index contributed by atoms with van der Waals surface area (Å²) in [5, 5.41) is 12.2. The molecule has 18 heavy (non-hydrogen) atoms. The van der Waals surface area contributed by atoms with Gasteiger partial charge in [-0.05, 0) is 24.1 Å². The van der Waals surface area contributed by atoms with E-state index >= 15 is 0 Å². The highest BCUT2D eigenvalue weighted by molar-refractivity contribution is 5.42. The van der Waals surface area contributed by atoms with Gasteiger partial charge in [-0.25, -0.2) is 0 Å². The van der Waals surface area contributed by atoms with Crippen LogP contribution in [-0.2, 0) is 6.54 Å². The Bertz CT molecular complexity index is 480. The van der Waals surface area contributed by atoms with Crippen LogP contribution in [0, 0.1) is 29.6 Å². The van der Waals surface area contributed by atoms with Crippen LogP contribution in [0.5, 0.6) is 5.75 Å². The standard InChI is InChI=1S/C15H18N2O/c1-5-14(11(2)3)17-10-13-8-12(9-16)6-7-15(13)18-4/h1,6-8,11,14,17H,10H2,2-4H3. The van der Waals surface area contributed by atoms with E-state index < -0.39 is 0 Å². The highest BCUT2D eigenvalue weighted by atomic mass is 16.5. The van der Waals surface area contributed by atoms with E-state index in [0.29, 0.717) is 18.0 Å². The molecule has 94 valence electrons. The Labute approximate surface area is 109 Å². The lowest BCUT2D eigenvalue weighted by Crippen LogP contribution is -2.31. The number of nitriles is 1. The maximum Gasteiger partial charge on any atom is 0.123 e. The molecule has 0 aliphatic carbocycles. The van der Waals surface area contributed by atoms with Crippen molar-refractivity contribution in [2.75, 3.05) is 7.11 Å². The highest BCUT2D eigenvalue weighted by Gasteiger charge is 2.11. The fraction of sp³-hybridized carbons (Fsp3) is 0.400. The van der Waals surface area contributed by atoms with E-state index in [0.717, 1.165) is 11.3 Å². The smallest absolute Gasteiger partial charge is 0.123 e. The molecule has 0 heterocycles. The number of nitrogens with one attached hydrogen (secondary N) is 1. The summed E-state index contributed by atoms with van der Waals surface area (Å²) in [6.45, 7) is 4.73. The van der Waals surface area contributed by atoms with E-state index in [1.54, 1.807) is 19.2 Å². The molecule has 0 saturated carbocycles. The van der Waals surface area contributed by atoms with Gasteiger partial charge in [0, 0.05) is 12.1 Å². The van der Waals surface area contributed by atoms with Gasteiger partial charge < -0.3 is 4.74 Å². The highest BCUT2D eigenvalue weighted by Crippen LogP contribution is 2.19. The maximum atomic E-state index is 8.89. The molecule has 3 heteroatoms. The third-order valence-electron chi connectivity index (χ3n) is 2.77.